The Labute approximate surface area is 178 Å². The summed E-state index contributed by atoms with van der Waals surface area (Å²) in [4.78, 5) is 15.3. The lowest BCUT2D eigenvalue weighted by Gasteiger charge is -2.33. The number of nitrogens with zero attached hydrogens (tertiary/aromatic N) is 2. The molecule has 0 N–H and O–H groups in total. The molecule has 0 spiro atoms. The van der Waals surface area contributed by atoms with E-state index in [4.69, 9.17) is 0 Å². The second kappa shape index (κ2) is 9.07. The average molecular weight is 461 g/mol. The van der Waals surface area contributed by atoms with Crippen molar-refractivity contribution in [1.82, 2.24) is 9.21 Å². The highest BCUT2D eigenvalue weighted by Crippen LogP contribution is 2.32. The van der Waals surface area contributed by atoms with Gasteiger partial charge in [0.05, 0.1) is 17.0 Å². The van der Waals surface area contributed by atoms with Crippen molar-refractivity contribution >= 4 is 27.3 Å². The lowest BCUT2D eigenvalue weighted by Crippen LogP contribution is -2.44. The number of alkyl halides is 3. The second-order valence-electron chi connectivity index (χ2n) is 7.14. The number of hydrogen-bond acceptors (Lipinski definition) is 4. The number of amides is 1. The fraction of sp³-hybridized carbons (Fsp3) is 0.450. The first-order valence-corrected chi connectivity index (χ1v) is 11.9. The van der Waals surface area contributed by atoms with Crippen LogP contribution in [0.25, 0.3) is 0 Å². The first kappa shape index (κ1) is 22.8. The van der Waals surface area contributed by atoms with Gasteiger partial charge in [-0.25, -0.2) is 8.42 Å². The van der Waals surface area contributed by atoms with Crippen LogP contribution in [0.2, 0.25) is 0 Å². The molecule has 0 unspecified atom stereocenters. The molecular weight excluding hydrogens is 437 g/mol. The molecule has 1 fully saturated rings. The van der Waals surface area contributed by atoms with Gasteiger partial charge >= 0.3 is 6.18 Å². The van der Waals surface area contributed by atoms with Gasteiger partial charge in [-0.2, -0.15) is 17.5 Å². The van der Waals surface area contributed by atoms with Crippen LogP contribution in [0.15, 0.2) is 46.7 Å². The lowest BCUT2D eigenvalue weighted by atomic mass is 9.96. The van der Waals surface area contributed by atoms with Crippen LogP contribution < -0.4 is 0 Å². The number of halogens is 3. The molecule has 1 aromatic heterocycles. The summed E-state index contributed by atoms with van der Waals surface area (Å²) < 4.78 is 65.6. The van der Waals surface area contributed by atoms with E-state index in [1.807, 2.05) is 24.4 Å². The summed E-state index contributed by atoms with van der Waals surface area (Å²) in [5.74, 6) is -0.306. The van der Waals surface area contributed by atoms with Crippen molar-refractivity contribution in [2.24, 2.45) is 5.92 Å². The Hall–Kier alpha value is -1.91. The van der Waals surface area contributed by atoms with Crippen LogP contribution in [0.4, 0.5) is 13.2 Å². The SMILES string of the molecule is CCN(Cc1cccs1)C(=O)C1CCN(S(=O)(=O)c2cccc(C(F)(F)F)c2)CC1. The minimum Gasteiger partial charge on any atom is -0.338 e. The molecule has 1 aliphatic heterocycles. The van der Waals surface area contributed by atoms with Crippen molar-refractivity contribution in [2.75, 3.05) is 19.6 Å². The molecule has 2 aromatic rings. The van der Waals surface area contributed by atoms with E-state index in [-0.39, 0.29) is 29.8 Å². The third kappa shape index (κ3) is 5.04. The molecule has 1 saturated heterocycles. The van der Waals surface area contributed by atoms with E-state index in [1.165, 1.54) is 10.4 Å². The number of carbonyl (C=O) groups is 1. The van der Waals surface area contributed by atoms with Crippen LogP contribution in [0, 0.1) is 5.92 Å². The number of thiophene rings is 1. The van der Waals surface area contributed by atoms with Gasteiger partial charge in [0.1, 0.15) is 0 Å². The van der Waals surface area contributed by atoms with Crippen molar-refractivity contribution in [3.63, 3.8) is 0 Å². The molecule has 1 amide bonds. The molecule has 10 heteroatoms. The summed E-state index contributed by atoms with van der Waals surface area (Å²) in [7, 11) is -4.05. The number of benzene rings is 1. The number of carbonyl (C=O) groups excluding carboxylic acids is 1. The van der Waals surface area contributed by atoms with E-state index in [0.29, 0.717) is 32.0 Å². The number of sulfonamides is 1. The zero-order chi connectivity index (χ0) is 21.9. The summed E-state index contributed by atoms with van der Waals surface area (Å²) in [6, 6.07) is 7.65. The molecule has 5 nitrogen and oxygen atoms in total. The van der Waals surface area contributed by atoms with E-state index in [2.05, 4.69) is 0 Å². The minimum atomic E-state index is -4.61. The van der Waals surface area contributed by atoms with E-state index in [0.717, 1.165) is 17.0 Å². The van der Waals surface area contributed by atoms with Crippen LogP contribution in [0.5, 0.6) is 0 Å². The number of piperidine rings is 1. The third-order valence-corrected chi connectivity index (χ3v) is 7.98. The predicted octanol–water partition coefficient (Wildman–Crippen LogP) is 4.22. The molecule has 0 aliphatic carbocycles. The van der Waals surface area contributed by atoms with E-state index >= 15 is 0 Å². The summed E-state index contributed by atoms with van der Waals surface area (Å²) in [5, 5.41) is 1.95. The van der Waals surface area contributed by atoms with Gasteiger partial charge in [-0.3, -0.25) is 4.79 Å². The molecular formula is C20H23F3N2O3S2. The van der Waals surface area contributed by atoms with Gasteiger partial charge in [-0.05, 0) is 49.4 Å². The molecule has 2 heterocycles. The summed E-state index contributed by atoms with van der Waals surface area (Å²) in [6.45, 7) is 3.19. The Morgan fingerprint density at radius 1 is 1.20 bits per heavy atom. The third-order valence-electron chi connectivity index (χ3n) is 5.22. The Balaban J connectivity index is 1.66. The van der Waals surface area contributed by atoms with Crippen LogP contribution in [0.3, 0.4) is 0 Å². The van der Waals surface area contributed by atoms with Gasteiger partial charge < -0.3 is 4.90 Å². The fourth-order valence-corrected chi connectivity index (χ4v) is 5.76. The molecule has 0 atom stereocenters. The highest BCUT2D eigenvalue weighted by atomic mass is 32.2. The summed E-state index contributed by atoms with van der Waals surface area (Å²) in [6.07, 6.45) is -3.92. The van der Waals surface area contributed by atoms with Crippen molar-refractivity contribution in [1.29, 1.82) is 0 Å². The molecule has 0 saturated carbocycles. The molecule has 0 bridgehead atoms. The maximum atomic E-state index is 12.9. The largest absolute Gasteiger partial charge is 0.416 e. The van der Waals surface area contributed by atoms with Gasteiger partial charge in [0.15, 0.2) is 0 Å². The van der Waals surface area contributed by atoms with Crippen molar-refractivity contribution < 1.29 is 26.4 Å². The van der Waals surface area contributed by atoms with Crippen LogP contribution in [-0.2, 0) is 27.5 Å². The topological polar surface area (TPSA) is 57.7 Å². The predicted molar refractivity (Wildman–Crippen MR) is 108 cm³/mol. The minimum absolute atomic E-state index is 0.0120. The standard InChI is InChI=1S/C20H23F3N2O3S2/c1-2-24(14-17-6-4-12-29-17)19(26)15-8-10-25(11-9-15)30(27,28)18-7-3-5-16(13-18)20(21,22)23/h3-7,12-13,15H,2,8-11,14H2,1H3. The summed E-state index contributed by atoms with van der Waals surface area (Å²) in [5.41, 5.74) is -0.999. The second-order valence-corrected chi connectivity index (χ2v) is 10.1. The monoisotopic (exact) mass is 460 g/mol. The van der Waals surface area contributed by atoms with Crippen molar-refractivity contribution in [3.05, 3.63) is 52.2 Å². The van der Waals surface area contributed by atoms with Gasteiger partial charge in [-0.15, -0.1) is 11.3 Å². The molecule has 1 aromatic carbocycles. The van der Waals surface area contributed by atoms with E-state index in [1.54, 1.807) is 16.2 Å². The first-order chi connectivity index (χ1) is 14.1. The van der Waals surface area contributed by atoms with Crippen molar-refractivity contribution in [2.45, 2.75) is 37.4 Å². The van der Waals surface area contributed by atoms with Crippen molar-refractivity contribution in [3.8, 4) is 0 Å². The normalized spacial score (nSPS) is 16.5. The zero-order valence-corrected chi connectivity index (χ0v) is 18.1. The lowest BCUT2D eigenvalue weighted by molar-refractivity contribution is -0.138. The zero-order valence-electron chi connectivity index (χ0n) is 16.4. The van der Waals surface area contributed by atoms with E-state index in [9.17, 15) is 26.4 Å². The number of rotatable bonds is 6. The average Bonchev–Trinajstić information content (AvgIpc) is 3.24. The molecule has 30 heavy (non-hydrogen) atoms. The molecule has 1 aliphatic rings. The molecule has 0 radical (unpaired) electrons. The Kier molecular flexibility index (Phi) is 6.88. The summed E-state index contributed by atoms with van der Waals surface area (Å²) >= 11 is 1.57. The highest BCUT2D eigenvalue weighted by molar-refractivity contribution is 7.89. The van der Waals surface area contributed by atoms with Gasteiger partial charge in [-0.1, -0.05) is 12.1 Å². The smallest absolute Gasteiger partial charge is 0.338 e. The Morgan fingerprint density at radius 3 is 2.47 bits per heavy atom. The fourth-order valence-electron chi connectivity index (χ4n) is 3.52. The maximum Gasteiger partial charge on any atom is 0.416 e. The van der Waals surface area contributed by atoms with Crippen LogP contribution in [0.1, 0.15) is 30.2 Å². The molecule has 164 valence electrons. The Bertz CT molecular complexity index is 967. The molecule has 3 rings (SSSR count). The Morgan fingerprint density at radius 2 is 1.90 bits per heavy atom. The van der Waals surface area contributed by atoms with E-state index < -0.39 is 21.8 Å². The highest BCUT2D eigenvalue weighted by Gasteiger charge is 2.36. The quantitative estimate of drug-likeness (QED) is 0.649. The van der Waals surface area contributed by atoms with Crippen LogP contribution >= 0.6 is 11.3 Å². The number of hydrogen-bond donors (Lipinski definition) is 0. The van der Waals surface area contributed by atoms with Gasteiger partial charge in [0, 0.05) is 30.4 Å². The van der Waals surface area contributed by atoms with Gasteiger partial charge in [0.2, 0.25) is 15.9 Å². The maximum absolute atomic E-state index is 12.9. The van der Waals surface area contributed by atoms with Gasteiger partial charge in [0.25, 0.3) is 0 Å². The van der Waals surface area contributed by atoms with Crippen LogP contribution in [-0.4, -0.2) is 43.2 Å². The first-order valence-electron chi connectivity index (χ1n) is 9.61.